The zero-order valence-electron chi connectivity index (χ0n) is 43.4. The Kier molecular flexibility index (Phi) is 53.4. The smallest absolute Gasteiger partial charge is 0.306 e. The highest BCUT2D eigenvalue weighted by molar-refractivity contribution is 5.70. The zero-order chi connectivity index (χ0) is 47.7. The Bertz CT molecular complexity index is 1270. The van der Waals surface area contributed by atoms with Crippen LogP contribution in [0.5, 0.6) is 0 Å². The van der Waals surface area contributed by atoms with Gasteiger partial charge < -0.3 is 14.2 Å². The van der Waals surface area contributed by atoms with Crippen molar-refractivity contribution in [2.75, 3.05) is 19.8 Å². The van der Waals surface area contributed by atoms with Crippen LogP contribution in [0.1, 0.15) is 252 Å². The minimum atomic E-state index is -0.577. The molecule has 0 aliphatic rings. The molecule has 0 fully saturated rings. The molecule has 0 spiro atoms. The Labute approximate surface area is 409 Å². The summed E-state index contributed by atoms with van der Waals surface area (Å²) < 4.78 is 17.4. The quantitative estimate of drug-likeness (QED) is 0.0346. The number of ether oxygens (including phenoxy) is 3. The number of carbonyl (C=O) groups is 2. The Hall–Kier alpha value is -3.18. The molecule has 0 bridgehead atoms. The summed E-state index contributed by atoms with van der Waals surface area (Å²) in [5.74, 6) is -0.507. The first-order valence-electron chi connectivity index (χ1n) is 27.8. The molecule has 0 N–H and O–H groups in total. The summed E-state index contributed by atoms with van der Waals surface area (Å²) >= 11 is 0. The standard InChI is InChI=1S/C61H104O5/c1-4-7-10-13-16-19-22-25-28-30-31-32-34-36-39-42-45-48-51-54-60(62)65-58-59(57-64-56-53-50-47-44-41-38-35-29-26-23-20-17-14-11-8-5-2)66-61(63)55-52-49-46-43-40-37-33-27-24-21-18-15-12-9-6-3/h7,10,16,18-19,21,25,27-28,31-33,36,39,45,48,59H,4-6,8-9,11-15,17,20,22-24,26,29-30,34-35,37-38,40-44,46-47,49-58H2,1-3H3/b10-7-,19-16-,21-18-,28-25-,32-31-,33-27-,39-36-,48-45-/t59-/m1/s1. The van der Waals surface area contributed by atoms with Gasteiger partial charge in [0.15, 0.2) is 6.10 Å². The molecule has 0 saturated heterocycles. The number of carbonyl (C=O) groups excluding carboxylic acids is 2. The second kappa shape index (κ2) is 56.1. The first-order chi connectivity index (χ1) is 32.6. The highest BCUT2D eigenvalue weighted by Gasteiger charge is 2.17. The van der Waals surface area contributed by atoms with Gasteiger partial charge in [0.25, 0.3) is 0 Å². The lowest BCUT2D eigenvalue weighted by atomic mass is 10.0. The molecule has 378 valence electrons. The SMILES string of the molecule is CC/C=C\C/C=C\C/C=C\C/C=C\C/C=C\C/C=C\CCC(=O)OC[C@@H](COCCCCCCCCCCCCCCCCCC)OC(=O)CCCCCCC/C=C\C/C=C\CCCCC. The van der Waals surface area contributed by atoms with Gasteiger partial charge in [0.2, 0.25) is 0 Å². The molecule has 0 unspecified atom stereocenters. The van der Waals surface area contributed by atoms with Gasteiger partial charge in [0.05, 0.1) is 6.61 Å². The van der Waals surface area contributed by atoms with E-state index in [0.29, 0.717) is 25.9 Å². The van der Waals surface area contributed by atoms with Crippen molar-refractivity contribution < 1.29 is 23.8 Å². The van der Waals surface area contributed by atoms with E-state index in [9.17, 15) is 9.59 Å². The van der Waals surface area contributed by atoms with E-state index in [2.05, 4.69) is 112 Å². The lowest BCUT2D eigenvalue weighted by molar-refractivity contribution is -0.162. The molecule has 0 saturated carbocycles. The zero-order valence-corrected chi connectivity index (χ0v) is 43.4. The van der Waals surface area contributed by atoms with Crippen LogP contribution in [-0.2, 0) is 23.8 Å². The molecular weight excluding hydrogens is 813 g/mol. The molecule has 0 aromatic rings. The molecule has 0 aromatic heterocycles. The van der Waals surface area contributed by atoms with Crippen molar-refractivity contribution in [3.63, 3.8) is 0 Å². The molecule has 0 rings (SSSR count). The number of hydrogen-bond acceptors (Lipinski definition) is 5. The Morgan fingerprint density at radius 3 is 1.18 bits per heavy atom. The van der Waals surface area contributed by atoms with Gasteiger partial charge in [-0.05, 0) is 89.9 Å². The molecule has 0 amide bonds. The van der Waals surface area contributed by atoms with Crippen LogP contribution in [0.3, 0.4) is 0 Å². The molecule has 0 aliphatic heterocycles. The van der Waals surface area contributed by atoms with Crippen molar-refractivity contribution >= 4 is 11.9 Å². The summed E-state index contributed by atoms with van der Waals surface area (Å²) in [6.07, 6.45) is 75.7. The predicted octanol–water partition coefficient (Wildman–Crippen LogP) is 19.0. The molecule has 66 heavy (non-hydrogen) atoms. The summed E-state index contributed by atoms with van der Waals surface area (Å²) in [6, 6.07) is 0. The summed E-state index contributed by atoms with van der Waals surface area (Å²) in [6.45, 7) is 7.61. The van der Waals surface area contributed by atoms with Gasteiger partial charge in [-0.1, -0.05) is 246 Å². The van der Waals surface area contributed by atoms with Crippen molar-refractivity contribution in [3.05, 3.63) is 97.2 Å². The van der Waals surface area contributed by atoms with Crippen LogP contribution in [0, 0.1) is 0 Å². The molecule has 1 atom stereocenters. The van der Waals surface area contributed by atoms with E-state index in [4.69, 9.17) is 14.2 Å². The number of hydrogen-bond donors (Lipinski definition) is 0. The maximum absolute atomic E-state index is 12.8. The van der Waals surface area contributed by atoms with Crippen molar-refractivity contribution in [1.29, 1.82) is 0 Å². The number of rotatable bonds is 50. The Morgan fingerprint density at radius 2 is 0.712 bits per heavy atom. The van der Waals surface area contributed by atoms with E-state index < -0.39 is 6.10 Å². The fraction of sp³-hybridized carbons (Fsp3) is 0.705. The maximum atomic E-state index is 12.8. The Balaban J connectivity index is 4.41. The van der Waals surface area contributed by atoms with Gasteiger partial charge >= 0.3 is 11.9 Å². The minimum Gasteiger partial charge on any atom is -0.462 e. The van der Waals surface area contributed by atoms with Crippen LogP contribution in [-0.4, -0.2) is 37.9 Å². The van der Waals surface area contributed by atoms with E-state index in [1.165, 1.54) is 128 Å². The van der Waals surface area contributed by atoms with Gasteiger partial charge in [-0.15, -0.1) is 0 Å². The minimum absolute atomic E-state index is 0.0372. The summed E-state index contributed by atoms with van der Waals surface area (Å²) in [4.78, 5) is 25.4. The average Bonchev–Trinajstić information content (AvgIpc) is 3.32. The van der Waals surface area contributed by atoms with Crippen molar-refractivity contribution in [3.8, 4) is 0 Å². The lowest BCUT2D eigenvalue weighted by Crippen LogP contribution is -2.30. The molecule has 5 heteroatoms. The van der Waals surface area contributed by atoms with E-state index in [1.807, 2.05) is 6.08 Å². The summed E-state index contributed by atoms with van der Waals surface area (Å²) in [7, 11) is 0. The van der Waals surface area contributed by atoms with Crippen LogP contribution >= 0.6 is 0 Å². The fourth-order valence-electron chi connectivity index (χ4n) is 7.51. The summed E-state index contributed by atoms with van der Waals surface area (Å²) in [5.41, 5.74) is 0. The van der Waals surface area contributed by atoms with Crippen LogP contribution in [0.2, 0.25) is 0 Å². The molecule has 0 heterocycles. The third kappa shape index (κ3) is 53.4. The highest BCUT2D eigenvalue weighted by Crippen LogP contribution is 2.15. The van der Waals surface area contributed by atoms with Gasteiger partial charge in [-0.2, -0.15) is 0 Å². The van der Waals surface area contributed by atoms with Crippen LogP contribution < -0.4 is 0 Å². The number of unbranched alkanes of at least 4 members (excludes halogenated alkanes) is 23. The monoisotopic (exact) mass is 917 g/mol. The second-order valence-electron chi connectivity index (χ2n) is 18.1. The summed E-state index contributed by atoms with van der Waals surface area (Å²) in [5, 5.41) is 0. The molecule has 5 nitrogen and oxygen atoms in total. The average molecular weight is 917 g/mol. The number of esters is 2. The van der Waals surface area contributed by atoms with Crippen molar-refractivity contribution in [1.82, 2.24) is 0 Å². The van der Waals surface area contributed by atoms with Gasteiger partial charge in [-0.3, -0.25) is 9.59 Å². The van der Waals surface area contributed by atoms with Crippen LogP contribution in [0.25, 0.3) is 0 Å². The van der Waals surface area contributed by atoms with Gasteiger partial charge in [0, 0.05) is 19.4 Å². The normalized spacial score (nSPS) is 13.0. The maximum Gasteiger partial charge on any atom is 0.306 e. The third-order valence-corrected chi connectivity index (χ3v) is 11.6. The predicted molar refractivity (Wildman–Crippen MR) is 288 cm³/mol. The first-order valence-corrected chi connectivity index (χ1v) is 27.8. The van der Waals surface area contributed by atoms with Gasteiger partial charge in [-0.25, -0.2) is 0 Å². The Morgan fingerprint density at radius 1 is 0.348 bits per heavy atom. The first kappa shape index (κ1) is 62.8. The number of allylic oxidation sites excluding steroid dienone is 16. The highest BCUT2D eigenvalue weighted by atomic mass is 16.6. The van der Waals surface area contributed by atoms with Crippen LogP contribution in [0.4, 0.5) is 0 Å². The molecule has 0 aromatic carbocycles. The van der Waals surface area contributed by atoms with Crippen molar-refractivity contribution in [2.24, 2.45) is 0 Å². The molecule has 0 radical (unpaired) electrons. The topological polar surface area (TPSA) is 61.8 Å². The fourth-order valence-corrected chi connectivity index (χ4v) is 7.51. The third-order valence-electron chi connectivity index (χ3n) is 11.6. The second-order valence-corrected chi connectivity index (χ2v) is 18.1. The van der Waals surface area contributed by atoms with E-state index >= 15 is 0 Å². The van der Waals surface area contributed by atoms with E-state index in [0.717, 1.165) is 83.5 Å². The molecule has 0 aliphatic carbocycles. The van der Waals surface area contributed by atoms with Crippen molar-refractivity contribution in [2.45, 2.75) is 258 Å². The van der Waals surface area contributed by atoms with E-state index in [1.54, 1.807) is 0 Å². The van der Waals surface area contributed by atoms with Crippen LogP contribution in [0.15, 0.2) is 97.2 Å². The van der Waals surface area contributed by atoms with E-state index in [-0.39, 0.29) is 25.2 Å². The largest absolute Gasteiger partial charge is 0.462 e. The lowest BCUT2D eigenvalue weighted by Gasteiger charge is -2.18. The van der Waals surface area contributed by atoms with Gasteiger partial charge in [0.1, 0.15) is 6.61 Å². The molecular formula is C61H104O5.